The third-order valence-electron chi connectivity index (χ3n) is 5.15. The van der Waals surface area contributed by atoms with E-state index in [0.717, 1.165) is 30.0 Å². The monoisotopic (exact) mass is 360 g/mol. The molecule has 3 amide bonds. The number of nitrogens with one attached hydrogen (secondary N) is 1. The molecule has 0 saturated carbocycles. The first-order valence-electron chi connectivity index (χ1n) is 9.50. The van der Waals surface area contributed by atoms with Crippen LogP contribution in [0.15, 0.2) is 18.2 Å². The lowest BCUT2D eigenvalue weighted by atomic mass is 9.95. The van der Waals surface area contributed by atoms with Crippen molar-refractivity contribution < 1.29 is 9.59 Å². The molecular formula is C20H32N4O2. The van der Waals surface area contributed by atoms with Gasteiger partial charge in [-0.2, -0.15) is 0 Å². The van der Waals surface area contributed by atoms with Gasteiger partial charge in [0.15, 0.2) is 0 Å². The van der Waals surface area contributed by atoms with E-state index in [2.05, 4.69) is 11.4 Å². The number of piperidine rings is 1. The topological polar surface area (TPSA) is 55.9 Å². The van der Waals surface area contributed by atoms with Crippen LogP contribution in [0.3, 0.4) is 0 Å². The van der Waals surface area contributed by atoms with Crippen molar-refractivity contribution in [3.05, 3.63) is 23.8 Å². The van der Waals surface area contributed by atoms with E-state index in [4.69, 9.17) is 0 Å². The second kappa shape index (κ2) is 8.92. The molecule has 0 aromatic heterocycles. The normalized spacial score (nSPS) is 14.9. The number of likely N-dealkylation sites (tertiary alicyclic amines) is 1. The molecule has 1 aromatic rings. The molecule has 0 spiro atoms. The van der Waals surface area contributed by atoms with Crippen LogP contribution in [0.1, 0.15) is 32.3 Å². The van der Waals surface area contributed by atoms with Gasteiger partial charge in [0, 0.05) is 57.6 Å². The highest BCUT2D eigenvalue weighted by molar-refractivity contribution is 5.93. The van der Waals surface area contributed by atoms with Crippen LogP contribution in [0, 0.1) is 12.8 Å². The Kier molecular flexibility index (Phi) is 6.89. The van der Waals surface area contributed by atoms with Crippen molar-refractivity contribution in [2.24, 2.45) is 5.92 Å². The molecule has 1 saturated heterocycles. The fourth-order valence-corrected chi connectivity index (χ4v) is 3.33. The van der Waals surface area contributed by atoms with Gasteiger partial charge in [-0.1, -0.05) is 0 Å². The first kappa shape index (κ1) is 20.1. The SMILES string of the molecule is CCN(CC)C(=O)N1CCC(C(=O)Nc2ccc(N(C)C)cc2C)CC1. The Morgan fingerprint density at radius 1 is 1.15 bits per heavy atom. The van der Waals surface area contributed by atoms with Crippen LogP contribution in [0.5, 0.6) is 0 Å². The number of amides is 3. The van der Waals surface area contributed by atoms with E-state index in [-0.39, 0.29) is 17.9 Å². The number of hydrogen-bond donors (Lipinski definition) is 1. The van der Waals surface area contributed by atoms with Crippen molar-refractivity contribution in [2.75, 3.05) is 50.5 Å². The maximum Gasteiger partial charge on any atom is 0.319 e. The Balaban J connectivity index is 1.91. The number of rotatable bonds is 5. The van der Waals surface area contributed by atoms with Crippen molar-refractivity contribution in [1.82, 2.24) is 9.80 Å². The average Bonchev–Trinajstić information content (AvgIpc) is 2.64. The molecule has 144 valence electrons. The molecule has 2 rings (SSSR count). The summed E-state index contributed by atoms with van der Waals surface area (Å²) in [4.78, 5) is 30.8. The molecule has 0 unspecified atom stereocenters. The predicted octanol–water partition coefficient (Wildman–Crippen LogP) is 3.17. The van der Waals surface area contributed by atoms with Crippen molar-refractivity contribution >= 4 is 23.3 Å². The largest absolute Gasteiger partial charge is 0.378 e. The first-order valence-corrected chi connectivity index (χ1v) is 9.50. The van der Waals surface area contributed by atoms with Crippen LogP contribution >= 0.6 is 0 Å². The van der Waals surface area contributed by atoms with Gasteiger partial charge in [0.05, 0.1) is 0 Å². The molecule has 1 heterocycles. The van der Waals surface area contributed by atoms with Crippen LogP contribution in [0.2, 0.25) is 0 Å². The number of hydrogen-bond acceptors (Lipinski definition) is 3. The summed E-state index contributed by atoms with van der Waals surface area (Å²) in [5.41, 5.74) is 3.03. The molecule has 0 atom stereocenters. The maximum absolute atomic E-state index is 12.6. The van der Waals surface area contributed by atoms with Gasteiger partial charge in [-0.25, -0.2) is 4.79 Å². The fourth-order valence-electron chi connectivity index (χ4n) is 3.33. The van der Waals surface area contributed by atoms with Crippen LogP contribution < -0.4 is 10.2 Å². The lowest BCUT2D eigenvalue weighted by molar-refractivity contribution is -0.121. The summed E-state index contributed by atoms with van der Waals surface area (Å²) in [6, 6.07) is 6.13. The number of carbonyl (C=O) groups excluding carboxylic acids is 2. The third kappa shape index (κ3) is 4.68. The molecule has 6 heteroatoms. The zero-order chi connectivity index (χ0) is 19.3. The highest BCUT2D eigenvalue weighted by atomic mass is 16.2. The van der Waals surface area contributed by atoms with Crippen molar-refractivity contribution in [1.29, 1.82) is 0 Å². The highest BCUT2D eigenvalue weighted by Gasteiger charge is 2.29. The quantitative estimate of drug-likeness (QED) is 0.877. The molecule has 0 radical (unpaired) electrons. The molecule has 1 aromatic carbocycles. The lowest BCUT2D eigenvalue weighted by Gasteiger charge is -2.34. The first-order chi connectivity index (χ1) is 12.4. The van der Waals surface area contributed by atoms with Gasteiger partial charge in [0.25, 0.3) is 0 Å². The van der Waals surface area contributed by atoms with E-state index in [1.807, 2.05) is 61.7 Å². The fraction of sp³-hybridized carbons (Fsp3) is 0.600. The van der Waals surface area contributed by atoms with Gasteiger partial charge in [0.2, 0.25) is 5.91 Å². The molecule has 1 fully saturated rings. The van der Waals surface area contributed by atoms with E-state index < -0.39 is 0 Å². The van der Waals surface area contributed by atoms with E-state index in [9.17, 15) is 9.59 Å². The second-order valence-corrected chi connectivity index (χ2v) is 7.10. The number of anilines is 2. The summed E-state index contributed by atoms with van der Waals surface area (Å²) in [7, 11) is 4.00. The summed E-state index contributed by atoms with van der Waals surface area (Å²) in [6.45, 7) is 8.72. The maximum atomic E-state index is 12.6. The highest BCUT2D eigenvalue weighted by Crippen LogP contribution is 2.24. The molecule has 1 aliphatic rings. The predicted molar refractivity (Wildman–Crippen MR) is 107 cm³/mol. The standard InChI is InChI=1S/C20H32N4O2/c1-6-23(7-2)20(26)24-12-10-16(11-13-24)19(25)21-18-9-8-17(22(4)5)14-15(18)3/h8-9,14,16H,6-7,10-13H2,1-5H3,(H,21,25). The van der Waals surface area contributed by atoms with Crippen LogP contribution in [0.25, 0.3) is 0 Å². The molecule has 26 heavy (non-hydrogen) atoms. The summed E-state index contributed by atoms with van der Waals surface area (Å²) in [6.07, 6.45) is 1.43. The van der Waals surface area contributed by atoms with Gasteiger partial charge in [0.1, 0.15) is 0 Å². The summed E-state index contributed by atoms with van der Waals surface area (Å²) >= 11 is 0. The molecule has 0 bridgehead atoms. The Morgan fingerprint density at radius 3 is 2.27 bits per heavy atom. The number of nitrogens with zero attached hydrogens (tertiary/aromatic N) is 3. The van der Waals surface area contributed by atoms with Gasteiger partial charge >= 0.3 is 6.03 Å². The number of carbonyl (C=O) groups is 2. The molecular weight excluding hydrogens is 328 g/mol. The minimum absolute atomic E-state index is 0.0383. The third-order valence-corrected chi connectivity index (χ3v) is 5.15. The Bertz CT molecular complexity index is 633. The number of benzene rings is 1. The van der Waals surface area contributed by atoms with Gasteiger partial charge in [-0.05, 0) is 57.4 Å². The van der Waals surface area contributed by atoms with Gasteiger partial charge in [-0.15, -0.1) is 0 Å². The van der Waals surface area contributed by atoms with Gasteiger partial charge < -0.3 is 20.0 Å². The summed E-state index contributed by atoms with van der Waals surface area (Å²) in [5, 5.41) is 3.06. The number of aryl methyl sites for hydroxylation is 1. The number of urea groups is 1. The second-order valence-electron chi connectivity index (χ2n) is 7.10. The van der Waals surface area contributed by atoms with Crippen molar-refractivity contribution in [2.45, 2.75) is 33.6 Å². The molecule has 0 aliphatic carbocycles. The molecule has 6 nitrogen and oxygen atoms in total. The summed E-state index contributed by atoms with van der Waals surface area (Å²) < 4.78 is 0. The van der Waals surface area contributed by atoms with E-state index in [1.54, 1.807) is 0 Å². The zero-order valence-corrected chi connectivity index (χ0v) is 16.7. The Hall–Kier alpha value is -2.24. The molecule has 1 N–H and O–H groups in total. The zero-order valence-electron chi connectivity index (χ0n) is 16.7. The van der Waals surface area contributed by atoms with E-state index in [0.29, 0.717) is 25.9 Å². The van der Waals surface area contributed by atoms with Crippen LogP contribution in [-0.4, -0.2) is 62.0 Å². The van der Waals surface area contributed by atoms with Crippen molar-refractivity contribution in [3.63, 3.8) is 0 Å². The van der Waals surface area contributed by atoms with Crippen LogP contribution in [0.4, 0.5) is 16.2 Å². The van der Waals surface area contributed by atoms with Crippen LogP contribution in [-0.2, 0) is 4.79 Å². The average molecular weight is 361 g/mol. The minimum atomic E-state index is -0.0383. The van der Waals surface area contributed by atoms with Gasteiger partial charge in [-0.3, -0.25) is 4.79 Å². The lowest BCUT2D eigenvalue weighted by Crippen LogP contribution is -2.47. The van der Waals surface area contributed by atoms with E-state index in [1.165, 1.54) is 0 Å². The molecule has 1 aliphatic heterocycles. The Labute approximate surface area is 157 Å². The Morgan fingerprint density at radius 2 is 1.77 bits per heavy atom. The minimum Gasteiger partial charge on any atom is -0.378 e. The smallest absolute Gasteiger partial charge is 0.319 e. The van der Waals surface area contributed by atoms with E-state index >= 15 is 0 Å². The summed E-state index contributed by atoms with van der Waals surface area (Å²) in [5.74, 6) is 0.0179. The van der Waals surface area contributed by atoms with Crippen molar-refractivity contribution in [3.8, 4) is 0 Å².